The third-order valence-corrected chi connectivity index (χ3v) is 4.00. The van der Waals surface area contributed by atoms with Crippen LogP contribution in [-0.2, 0) is 16.1 Å². The molecule has 2 heterocycles. The minimum absolute atomic E-state index is 0.0109. The molecule has 2 aromatic heterocycles. The largest absolute Gasteiger partial charge is 0.494 e. The van der Waals surface area contributed by atoms with Gasteiger partial charge in [-0.15, -0.1) is 10.2 Å². The van der Waals surface area contributed by atoms with Crippen LogP contribution in [0.3, 0.4) is 0 Å². The lowest BCUT2D eigenvalue weighted by Crippen LogP contribution is -2.22. The van der Waals surface area contributed by atoms with Crippen LogP contribution in [-0.4, -0.2) is 60.6 Å². The summed E-state index contributed by atoms with van der Waals surface area (Å²) in [5, 5.41) is 18.5. The van der Waals surface area contributed by atoms with E-state index in [2.05, 4.69) is 35.7 Å². The fourth-order valence-electron chi connectivity index (χ4n) is 2.65. The zero-order valence-corrected chi connectivity index (χ0v) is 17.3. The van der Waals surface area contributed by atoms with Gasteiger partial charge in [-0.1, -0.05) is 11.2 Å². The van der Waals surface area contributed by atoms with Crippen LogP contribution in [0.2, 0.25) is 0 Å². The van der Waals surface area contributed by atoms with Crippen LogP contribution in [0.1, 0.15) is 20.5 Å². The quantitative estimate of drug-likeness (QED) is 0.463. The van der Waals surface area contributed by atoms with Crippen LogP contribution in [0.5, 0.6) is 5.75 Å². The van der Waals surface area contributed by atoms with Crippen LogP contribution in [0, 0.1) is 0 Å². The van der Waals surface area contributed by atoms with Gasteiger partial charge in [-0.25, -0.2) is 4.79 Å². The first-order valence-electron chi connectivity index (χ1n) is 10.5. The van der Waals surface area contributed by atoms with Gasteiger partial charge < -0.3 is 29.4 Å². The van der Waals surface area contributed by atoms with Crippen molar-refractivity contribution in [3.05, 3.63) is 35.9 Å². The van der Waals surface area contributed by atoms with Crippen LogP contribution < -0.4 is 20.7 Å². The van der Waals surface area contributed by atoms with Gasteiger partial charge in [0.1, 0.15) is 6.61 Å². The molecule has 32 heavy (non-hydrogen) atoms. The highest BCUT2D eigenvalue weighted by Crippen LogP contribution is 2.37. The standard InChI is InChI=1S/C19H21N7O6/c1-20-18(27)15-12(8-13(24-25-15)22-19(28)31-4)21-11-7-5-6-10(16(11)30-3)17-23-14(9-29-2)32-26-17/h5-8H,9H2,1-4H3,(H,20,27)(H2,21,22,24,28)/i1D3. The van der Waals surface area contributed by atoms with Crippen molar-refractivity contribution in [1.29, 1.82) is 0 Å². The Bertz CT molecular complexity index is 1220. The summed E-state index contributed by atoms with van der Waals surface area (Å²) in [6.07, 6.45) is -0.825. The molecule has 0 aliphatic carbocycles. The number of benzene rings is 1. The molecule has 1 aromatic carbocycles. The number of anilines is 3. The lowest BCUT2D eigenvalue weighted by molar-refractivity contribution is 0.0958. The van der Waals surface area contributed by atoms with E-state index in [9.17, 15) is 9.59 Å². The molecule has 3 N–H and O–H groups in total. The molecule has 13 heteroatoms. The van der Waals surface area contributed by atoms with Gasteiger partial charge in [-0.3, -0.25) is 10.1 Å². The van der Waals surface area contributed by atoms with Crippen molar-refractivity contribution in [2.24, 2.45) is 0 Å². The topological polar surface area (TPSA) is 163 Å². The summed E-state index contributed by atoms with van der Waals surface area (Å²) >= 11 is 0. The number of nitrogens with one attached hydrogen (secondary N) is 3. The third kappa shape index (κ3) is 4.89. The minimum atomic E-state index is -2.77. The van der Waals surface area contributed by atoms with E-state index in [1.54, 1.807) is 18.2 Å². The molecule has 0 bridgehead atoms. The Morgan fingerprint density at radius 1 is 1.19 bits per heavy atom. The second kappa shape index (κ2) is 10.2. The van der Waals surface area contributed by atoms with Crippen molar-refractivity contribution in [3.63, 3.8) is 0 Å². The molecular formula is C19H21N7O6. The summed E-state index contributed by atoms with van der Waals surface area (Å²) in [5.41, 5.74) is 0.442. The minimum Gasteiger partial charge on any atom is -0.494 e. The van der Waals surface area contributed by atoms with Crippen LogP contribution in [0.15, 0.2) is 28.8 Å². The number of amides is 2. The average molecular weight is 446 g/mol. The maximum atomic E-state index is 12.6. The summed E-state index contributed by atoms with van der Waals surface area (Å²) in [4.78, 5) is 28.4. The lowest BCUT2D eigenvalue weighted by Gasteiger charge is -2.15. The Morgan fingerprint density at radius 3 is 2.75 bits per heavy atom. The first-order valence-corrected chi connectivity index (χ1v) is 8.96. The normalized spacial score (nSPS) is 12.2. The van der Waals surface area contributed by atoms with Gasteiger partial charge in [-0.2, -0.15) is 4.98 Å². The molecular weight excluding hydrogens is 422 g/mol. The molecule has 0 spiro atoms. The summed E-state index contributed by atoms with van der Waals surface area (Å²) in [6, 6.07) is 6.24. The summed E-state index contributed by atoms with van der Waals surface area (Å²) in [7, 11) is 4.06. The molecule has 168 valence electrons. The van der Waals surface area contributed by atoms with Gasteiger partial charge in [-0.05, 0) is 12.1 Å². The Morgan fingerprint density at radius 2 is 2.03 bits per heavy atom. The maximum Gasteiger partial charge on any atom is 0.412 e. The molecule has 0 unspecified atom stereocenters. The number of hydrogen-bond donors (Lipinski definition) is 3. The molecule has 0 aliphatic heterocycles. The predicted octanol–water partition coefficient (Wildman–Crippen LogP) is 1.96. The smallest absolute Gasteiger partial charge is 0.412 e. The number of carbonyl (C=O) groups is 2. The van der Waals surface area contributed by atoms with E-state index in [0.29, 0.717) is 11.3 Å². The molecule has 2 amide bonds. The second-order valence-electron chi connectivity index (χ2n) is 6.02. The zero-order valence-electron chi connectivity index (χ0n) is 20.3. The Kier molecular flexibility index (Phi) is 5.88. The molecule has 0 aliphatic rings. The number of methoxy groups -OCH3 is 3. The van der Waals surface area contributed by atoms with Crippen molar-refractivity contribution in [2.45, 2.75) is 6.61 Å². The zero-order chi connectivity index (χ0) is 25.6. The van der Waals surface area contributed by atoms with Crippen molar-refractivity contribution >= 4 is 29.2 Å². The molecule has 0 fully saturated rings. The SMILES string of the molecule is [2H]C([2H])([2H])NC(=O)c1nnc(NC(=O)OC)cc1Nc1cccc(-c2noc(COC)n2)c1OC. The second-order valence-corrected chi connectivity index (χ2v) is 6.02. The van der Waals surface area contributed by atoms with Crippen molar-refractivity contribution < 1.29 is 32.4 Å². The molecule has 0 atom stereocenters. The van der Waals surface area contributed by atoms with Crippen molar-refractivity contribution in [3.8, 4) is 17.1 Å². The molecule has 13 nitrogen and oxygen atoms in total. The fourth-order valence-corrected chi connectivity index (χ4v) is 2.65. The number of aromatic nitrogens is 4. The summed E-state index contributed by atoms with van der Waals surface area (Å²) in [6.45, 7) is -2.65. The van der Waals surface area contributed by atoms with Gasteiger partial charge in [0.15, 0.2) is 17.3 Å². The third-order valence-electron chi connectivity index (χ3n) is 4.00. The highest BCUT2D eigenvalue weighted by atomic mass is 16.5. The molecule has 0 saturated carbocycles. The predicted molar refractivity (Wildman–Crippen MR) is 112 cm³/mol. The van der Waals surface area contributed by atoms with E-state index < -0.39 is 19.0 Å². The first kappa shape index (κ1) is 18.5. The number of ether oxygens (including phenoxy) is 3. The van der Waals surface area contributed by atoms with Crippen LogP contribution in [0.4, 0.5) is 22.0 Å². The maximum absolute atomic E-state index is 12.6. The monoisotopic (exact) mass is 446 g/mol. The van der Waals surface area contributed by atoms with E-state index in [4.69, 9.17) is 18.1 Å². The van der Waals surface area contributed by atoms with Crippen LogP contribution in [0.25, 0.3) is 11.4 Å². The van der Waals surface area contributed by atoms with Gasteiger partial charge >= 0.3 is 6.09 Å². The highest BCUT2D eigenvalue weighted by Gasteiger charge is 2.20. The Balaban J connectivity index is 2.04. The fraction of sp³-hybridized carbons (Fsp3) is 0.263. The number of nitrogens with zero attached hydrogens (tertiary/aromatic N) is 4. The number of rotatable bonds is 8. The van der Waals surface area contributed by atoms with Gasteiger partial charge in [0.25, 0.3) is 11.8 Å². The summed E-state index contributed by atoms with van der Waals surface area (Å²) < 4.78 is 42.1. The highest BCUT2D eigenvalue weighted by molar-refractivity contribution is 5.99. The Hall–Kier alpha value is -4.26. The van der Waals surface area contributed by atoms with E-state index in [1.165, 1.54) is 20.3 Å². The molecule has 0 saturated heterocycles. The lowest BCUT2D eigenvalue weighted by atomic mass is 10.1. The van der Waals surface area contributed by atoms with Gasteiger partial charge in [0.2, 0.25) is 5.82 Å². The van der Waals surface area contributed by atoms with E-state index in [1.807, 2.05) is 5.32 Å². The number of carbonyl (C=O) groups excluding carboxylic acids is 2. The van der Waals surface area contributed by atoms with Gasteiger partial charge in [0.05, 0.1) is 31.2 Å². The molecule has 3 aromatic rings. The molecule has 0 radical (unpaired) electrons. The number of para-hydroxylation sites is 1. The van der Waals surface area contributed by atoms with Crippen molar-refractivity contribution in [2.75, 3.05) is 38.9 Å². The molecule has 3 rings (SSSR count). The van der Waals surface area contributed by atoms with E-state index in [-0.39, 0.29) is 41.3 Å². The van der Waals surface area contributed by atoms with Crippen molar-refractivity contribution in [1.82, 2.24) is 25.7 Å². The Labute approximate surface area is 186 Å². The van der Waals surface area contributed by atoms with E-state index in [0.717, 1.165) is 7.11 Å². The first-order chi connectivity index (χ1) is 16.6. The number of hydrogen-bond acceptors (Lipinski definition) is 11. The summed E-state index contributed by atoms with van der Waals surface area (Å²) in [5.74, 6) is -0.342. The average Bonchev–Trinajstić information content (AvgIpc) is 3.26. The van der Waals surface area contributed by atoms with Gasteiger partial charge in [0, 0.05) is 24.3 Å². The van der Waals surface area contributed by atoms with Crippen LogP contribution >= 0.6 is 0 Å². The van der Waals surface area contributed by atoms with E-state index >= 15 is 0 Å².